The molecule has 1 aromatic heterocycles. The zero-order chi connectivity index (χ0) is 31.9. The standard InChI is InChI=1S/C45H29N3/c1-3-15-32(16-4-1)43-46-44(33-17-5-2-6-18-33)48-45(47-43)34-28-26-31(27-29-34)41-37-21-9-11-23-39(37)42(40-24-12-10-22-38(40)41)36-25-13-19-30-14-7-8-20-35(30)36/h1-29H. The van der Waals surface area contributed by atoms with Crippen LogP contribution in [-0.2, 0) is 0 Å². The summed E-state index contributed by atoms with van der Waals surface area (Å²) in [5.41, 5.74) is 7.75. The normalized spacial score (nSPS) is 11.3. The third-order valence-electron chi connectivity index (χ3n) is 9.12. The van der Waals surface area contributed by atoms with Gasteiger partial charge in [0.25, 0.3) is 0 Å². The van der Waals surface area contributed by atoms with Crippen LogP contribution in [0.4, 0.5) is 0 Å². The zero-order valence-corrected chi connectivity index (χ0v) is 26.1. The number of hydrogen-bond acceptors (Lipinski definition) is 3. The van der Waals surface area contributed by atoms with Gasteiger partial charge in [-0.15, -0.1) is 0 Å². The molecule has 0 aliphatic rings. The molecule has 0 atom stereocenters. The lowest BCUT2D eigenvalue weighted by Gasteiger charge is -2.19. The van der Waals surface area contributed by atoms with E-state index in [1.54, 1.807) is 0 Å². The van der Waals surface area contributed by atoms with E-state index >= 15 is 0 Å². The molecule has 0 radical (unpaired) electrons. The van der Waals surface area contributed by atoms with Gasteiger partial charge in [0.05, 0.1) is 0 Å². The molecule has 48 heavy (non-hydrogen) atoms. The molecule has 8 aromatic carbocycles. The minimum Gasteiger partial charge on any atom is -0.208 e. The predicted octanol–water partition coefficient (Wildman–Crippen LogP) is 11.7. The van der Waals surface area contributed by atoms with Gasteiger partial charge in [0.15, 0.2) is 17.5 Å². The van der Waals surface area contributed by atoms with E-state index in [0.29, 0.717) is 17.5 Å². The fraction of sp³-hybridized carbons (Fsp3) is 0. The first kappa shape index (κ1) is 27.8. The van der Waals surface area contributed by atoms with Gasteiger partial charge in [-0.25, -0.2) is 15.0 Å². The van der Waals surface area contributed by atoms with E-state index in [1.165, 1.54) is 49.0 Å². The number of nitrogens with zero attached hydrogens (tertiary/aromatic N) is 3. The largest absolute Gasteiger partial charge is 0.208 e. The van der Waals surface area contributed by atoms with Gasteiger partial charge in [-0.3, -0.25) is 0 Å². The fourth-order valence-electron chi connectivity index (χ4n) is 6.90. The SMILES string of the molecule is c1ccc(-c2nc(-c3ccccc3)nc(-c3ccc(-c4c5ccccc5c(-c5cccc6ccccc56)c5ccccc45)cc3)n2)cc1. The summed E-state index contributed by atoms with van der Waals surface area (Å²) >= 11 is 0. The monoisotopic (exact) mass is 611 g/mol. The van der Waals surface area contributed by atoms with Gasteiger partial charge in [-0.1, -0.05) is 176 Å². The lowest BCUT2D eigenvalue weighted by Crippen LogP contribution is -2.00. The quantitative estimate of drug-likeness (QED) is 0.182. The summed E-state index contributed by atoms with van der Waals surface area (Å²) < 4.78 is 0. The lowest BCUT2D eigenvalue weighted by molar-refractivity contribution is 1.07. The molecule has 9 rings (SSSR count). The maximum atomic E-state index is 4.95. The number of fused-ring (bicyclic) bond motifs is 3. The Bertz CT molecular complexity index is 2470. The molecule has 9 aromatic rings. The van der Waals surface area contributed by atoms with Crippen LogP contribution in [0, 0.1) is 0 Å². The van der Waals surface area contributed by atoms with Crippen molar-refractivity contribution < 1.29 is 0 Å². The van der Waals surface area contributed by atoms with Gasteiger partial charge in [0.2, 0.25) is 0 Å². The van der Waals surface area contributed by atoms with Gasteiger partial charge in [-0.05, 0) is 54.6 Å². The summed E-state index contributed by atoms with van der Waals surface area (Å²) in [6.45, 7) is 0. The van der Waals surface area contributed by atoms with Crippen molar-refractivity contribution in [2.24, 2.45) is 0 Å². The molecule has 3 nitrogen and oxygen atoms in total. The Balaban J connectivity index is 1.22. The second-order valence-corrected chi connectivity index (χ2v) is 12.0. The maximum absolute atomic E-state index is 4.95. The minimum atomic E-state index is 0.648. The minimum absolute atomic E-state index is 0.648. The Morgan fingerprint density at radius 3 is 1.15 bits per heavy atom. The average molecular weight is 612 g/mol. The van der Waals surface area contributed by atoms with Crippen LogP contribution in [-0.4, -0.2) is 15.0 Å². The summed E-state index contributed by atoms with van der Waals surface area (Å²) in [4.78, 5) is 14.8. The summed E-state index contributed by atoms with van der Waals surface area (Å²) in [6, 6.07) is 61.8. The second kappa shape index (κ2) is 11.7. The number of benzene rings is 8. The van der Waals surface area contributed by atoms with E-state index < -0.39 is 0 Å². The van der Waals surface area contributed by atoms with Gasteiger partial charge in [0, 0.05) is 16.7 Å². The number of rotatable bonds is 5. The van der Waals surface area contributed by atoms with E-state index in [2.05, 4.69) is 115 Å². The highest BCUT2D eigenvalue weighted by atomic mass is 15.0. The Morgan fingerprint density at radius 1 is 0.250 bits per heavy atom. The zero-order valence-electron chi connectivity index (χ0n) is 26.1. The highest BCUT2D eigenvalue weighted by Crippen LogP contribution is 2.45. The van der Waals surface area contributed by atoms with Gasteiger partial charge in [-0.2, -0.15) is 0 Å². The molecule has 0 saturated carbocycles. The molecule has 0 fully saturated rings. The Labute approximate surface area is 278 Å². The van der Waals surface area contributed by atoms with Gasteiger partial charge < -0.3 is 0 Å². The summed E-state index contributed by atoms with van der Waals surface area (Å²) in [6.07, 6.45) is 0. The van der Waals surface area contributed by atoms with Crippen LogP contribution >= 0.6 is 0 Å². The molecule has 224 valence electrons. The highest BCUT2D eigenvalue weighted by molar-refractivity contribution is 6.23. The smallest absolute Gasteiger partial charge is 0.164 e. The Morgan fingerprint density at radius 2 is 0.625 bits per heavy atom. The first-order chi connectivity index (χ1) is 23.8. The first-order valence-corrected chi connectivity index (χ1v) is 16.2. The molecular weight excluding hydrogens is 583 g/mol. The molecule has 0 saturated heterocycles. The molecule has 0 aliphatic heterocycles. The first-order valence-electron chi connectivity index (χ1n) is 16.2. The fourth-order valence-corrected chi connectivity index (χ4v) is 6.90. The van der Waals surface area contributed by atoms with Crippen molar-refractivity contribution in [1.29, 1.82) is 0 Å². The topological polar surface area (TPSA) is 38.7 Å². The van der Waals surface area contributed by atoms with Crippen molar-refractivity contribution in [3.8, 4) is 56.4 Å². The van der Waals surface area contributed by atoms with E-state index in [4.69, 9.17) is 15.0 Å². The molecule has 0 unspecified atom stereocenters. The summed E-state index contributed by atoms with van der Waals surface area (Å²) in [5.74, 6) is 1.96. The van der Waals surface area contributed by atoms with Crippen LogP contribution < -0.4 is 0 Å². The lowest BCUT2D eigenvalue weighted by atomic mass is 9.84. The van der Waals surface area contributed by atoms with Crippen molar-refractivity contribution in [2.75, 3.05) is 0 Å². The van der Waals surface area contributed by atoms with Crippen LogP contribution in [0.25, 0.3) is 88.7 Å². The molecule has 1 heterocycles. The van der Waals surface area contributed by atoms with Gasteiger partial charge >= 0.3 is 0 Å². The molecule has 3 heteroatoms. The van der Waals surface area contributed by atoms with Crippen molar-refractivity contribution in [2.45, 2.75) is 0 Å². The summed E-state index contributed by atoms with van der Waals surface area (Å²) in [7, 11) is 0. The second-order valence-electron chi connectivity index (χ2n) is 12.0. The van der Waals surface area contributed by atoms with Crippen molar-refractivity contribution in [3.05, 3.63) is 176 Å². The third kappa shape index (κ3) is 4.81. The maximum Gasteiger partial charge on any atom is 0.164 e. The van der Waals surface area contributed by atoms with Crippen LogP contribution in [0.2, 0.25) is 0 Å². The Kier molecular flexibility index (Phi) is 6.80. The van der Waals surface area contributed by atoms with E-state index in [9.17, 15) is 0 Å². The van der Waals surface area contributed by atoms with Crippen molar-refractivity contribution in [1.82, 2.24) is 15.0 Å². The Hall–Kier alpha value is -6.45. The van der Waals surface area contributed by atoms with Crippen LogP contribution in [0.1, 0.15) is 0 Å². The molecule has 0 bridgehead atoms. The number of hydrogen-bond donors (Lipinski definition) is 0. The van der Waals surface area contributed by atoms with E-state index in [0.717, 1.165) is 22.3 Å². The molecule has 0 N–H and O–H groups in total. The highest BCUT2D eigenvalue weighted by Gasteiger charge is 2.18. The predicted molar refractivity (Wildman–Crippen MR) is 200 cm³/mol. The van der Waals surface area contributed by atoms with Crippen molar-refractivity contribution >= 4 is 32.3 Å². The number of aromatic nitrogens is 3. The van der Waals surface area contributed by atoms with Gasteiger partial charge in [0.1, 0.15) is 0 Å². The molecule has 0 amide bonds. The third-order valence-corrected chi connectivity index (χ3v) is 9.12. The van der Waals surface area contributed by atoms with E-state index in [1.807, 2.05) is 60.7 Å². The van der Waals surface area contributed by atoms with Crippen LogP contribution in [0.5, 0.6) is 0 Å². The van der Waals surface area contributed by atoms with Crippen molar-refractivity contribution in [3.63, 3.8) is 0 Å². The molecule has 0 spiro atoms. The molecule has 0 aliphatic carbocycles. The van der Waals surface area contributed by atoms with E-state index in [-0.39, 0.29) is 0 Å². The average Bonchev–Trinajstić information content (AvgIpc) is 3.17. The summed E-state index contributed by atoms with van der Waals surface area (Å²) in [5, 5.41) is 7.43. The van der Waals surface area contributed by atoms with Crippen LogP contribution in [0.3, 0.4) is 0 Å². The van der Waals surface area contributed by atoms with Crippen LogP contribution in [0.15, 0.2) is 176 Å². The molecular formula is C45H29N3.